The summed E-state index contributed by atoms with van der Waals surface area (Å²) in [6.07, 6.45) is 0.725. The van der Waals surface area contributed by atoms with Gasteiger partial charge in [-0.25, -0.2) is 0 Å². The van der Waals surface area contributed by atoms with E-state index in [1.54, 1.807) is 0 Å². The summed E-state index contributed by atoms with van der Waals surface area (Å²) in [7, 11) is 0. The van der Waals surface area contributed by atoms with Crippen molar-refractivity contribution in [1.29, 1.82) is 0 Å². The summed E-state index contributed by atoms with van der Waals surface area (Å²) in [5.41, 5.74) is 6.49. The number of amides is 1. The van der Waals surface area contributed by atoms with Gasteiger partial charge >= 0.3 is 0 Å². The van der Waals surface area contributed by atoms with Gasteiger partial charge in [0.1, 0.15) is 0 Å². The summed E-state index contributed by atoms with van der Waals surface area (Å²) < 4.78 is 0. The molecule has 1 aromatic rings. The van der Waals surface area contributed by atoms with Crippen LogP contribution in [-0.4, -0.2) is 18.5 Å². The molecule has 4 heteroatoms. The van der Waals surface area contributed by atoms with E-state index in [9.17, 15) is 4.79 Å². The highest BCUT2D eigenvalue weighted by atomic mass is 35.5. The van der Waals surface area contributed by atoms with Crippen LogP contribution in [0.2, 0.25) is 5.02 Å². The van der Waals surface area contributed by atoms with Crippen molar-refractivity contribution in [2.24, 2.45) is 11.7 Å². The molecule has 3 nitrogen and oxygen atoms in total. The second kappa shape index (κ2) is 6.62. The fraction of sp³-hybridized carbons (Fsp3) is 0.462. The molecule has 0 bridgehead atoms. The fourth-order valence-corrected chi connectivity index (χ4v) is 1.75. The van der Waals surface area contributed by atoms with Gasteiger partial charge in [0, 0.05) is 23.5 Å². The molecule has 0 aliphatic heterocycles. The quantitative estimate of drug-likeness (QED) is 0.844. The van der Waals surface area contributed by atoms with E-state index in [0.29, 0.717) is 6.54 Å². The van der Waals surface area contributed by atoms with E-state index >= 15 is 0 Å². The van der Waals surface area contributed by atoms with Crippen LogP contribution in [0.1, 0.15) is 19.4 Å². The van der Waals surface area contributed by atoms with E-state index in [1.165, 1.54) is 0 Å². The summed E-state index contributed by atoms with van der Waals surface area (Å²) in [6.45, 7) is 4.15. The van der Waals surface area contributed by atoms with Crippen molar-refractivity contribution in [3.05, 3.63) is 34.9 Å². The van der Waals surface area contributed by atoms with Crippen LogP contribution in [0.25, 0.3) is 0 Å². The maximum absolute atomic E-state index is 11.6. The molecular weight excluding hydrogens is 236 g/mol. The zero-order valence-electron chi connectivity index (χ0n) is 10.2. The maximum atomic E-state index is 11.6. The summed E-state index contributed by atoms with van der Waals surface area (Å²) in [5, 5.41) is 3.67. The highest BCUT2D eigenvalue weighted by molar-refractivity contribution is 6.31. The Labute approximate surface area is 107 Å². The Hall–Kier alpha value is -1.06. The molecule has 2 atom stereocenters. The third-order valence-corrected chi connectivity index (χ3v) is 3.04. The summed E-state index contributed by atoms with van der Waals surface area (Å²) in [6, 6.07) is 7.71. The number of carbonyl (C=O) groups is 1. The number of nitrogens with two attached hydrogens (primary N) is 1. The number of carbonyl (C=O) groups excluding carboxylic acids is 1. The molecule has 0 saturated carbocycles. The van der Waals surface area contributed by atoms with Gasteiger partial charge in [0.05, 0.1) is 0 Å². The van der Waals surface area contributed by atoms with E-state index in [1.807, 2.05) is 38.1 Å². The largest absolute Gasteiger partial charge is 0.353 e. The molecule has 94 valence electrons. The molecular formula is C13H19ClN2O. The molecule has 0 aliphatic carbocycles. The Balaban J connectivity index is 2.53. The predicted octanol–water partition coefficient (Wildman–Crippen LogP) is 1.98. The predicted molar refractivity (Wildman–Crippen MR) is 71.0 cm³/mol. The van der Waals surface area contributed by atoms with Crippen LogP contribution in [0.4, 0.5) is 0 Å². The minimum Gasteiger partial charge on any atom is -0.353 e. The van der Waals surface area contributed by atoms with Gasteiger partial charge in [0.15, 0.2) is 0 Å². The van der Waals surface area contributed by atoms with Crippen LogP contribution in [0.5, 0.6) is 0 Å². The molecule has 0 radical (unpaired) electrons. The molecule has 17 heavy (non-hydrogen) atoms. The van der Waals surface area contributed by atoms with Crippen molar-refractivity contribution in [2.75, 3.05) is 6.54 Å². The van der Waals surface area contributed by atoms with Crippen molar-refractivity contribution in [3.63, 3.8) is 0 Å². The lowest BCUT2D eigenvalue weighted by molar-refractivity contribution is -0.124. The lowest BCUT2D eigenvalue weighted by atomic mass is 10.1. The minimum absolute atomic E-state index is 0.00736. The van der Waals surface area contributed by atoms with Gasteiger partial charge in [0.25, 0.3) is 0 Å². The lowest BCUT2D eigenvalue weighted by Crippen LogP contribution is -2.39. The van der Waals surface area contributed by atoms with Gasteiger partial charge < -0.3 is 11.1 Å². The lowest BCUT2D eigenvalue weighted by Gasteiger charge is -2.17. The second-order valence-electron chi connectivity index (χ2n) is 4.34. The smallest absolute Gasteiger partial charge is 0.224 e. The summed E-state index contributed by atoms with van der Waals surface area (Å²) in [4.78, 5) is 11.6. The standard InChI is InChI=1S/C13H19ClN2O/c1-9(8-15)13(17)16-10(2)7-11-5-3-4-6-12(11)14/h3-6,9-10H,7-8,15H2,1-2H3,(H,16,17). The van der Waals surface area contributed by atoms with Gasteiger partial charge in [-0.05, 0) is 25.0 Å². The van der Waals surface area contributed by atoms with Gasteiger partial charge in [-0.2, -0.15) is 0 Å². The molecule has 2 unspecified atom stereocenters. The molecule has 3 N–H and O–H groups in total. The molecule has 1 amide bonds. The van der Waals surface area contributed by atoms with E-state index < -0.39 is 0 Å². The number of rotatable bonds is 5. The first-order valence-electron chi connectivity index (χ1n) is 5.78. The highest BCUT2D eigenvalue weighted by Crippen LogP contribution is 2.16. The van der Waals surface area contributed by atoms with E-state index in [2.05, 4.69) is 5.32 Å². The number of hydrogen-bond acceptors (Lipinski definition) is 2. The topological polar surface area (TPSA) is 55.1 Å². The van der Waals surface area contributed by atoms with Crippen molar-refractivity contribution in [2.45, 2.75) is 26.3 Å². The zero-order chi connectivity index (χ0) is 12.8. The minimum atomic E-state index is -0.149. The van der Waals surface area contributed by atoms with Crippen LogP contribution in [0.3, 0.4) is 0 Å². The molecule has 1 rings (SSSR count). The first-order valence-corrected chi connectivity index (χ1v) is 6.16. The Bertz CT molecular complexity index is 381. The normalized spacial score (nSPS) is 14.1. The van der Waals surface area contributed by atoms with Crippen LogP contribution >= 0.6 is 11.6 Å². The number of hydrogen-bond donors (Lipinski definition) is 2. The maximum Gasteiger partial charge on any atom is 0.224 e. The molecule has 1 aromatic carbocycles. The second-order valence-corrected chi connectivity index (χ2v) is 4.75. The van der Waals surface area contributed by atoms with Gasteiger partial charge in [-0.3, -0.25) is 4.79 Å². The van der Waals surface area contributed by atoms with Crippen LogP contribution in [0, 0.1) is 5.92 Å². The molecule has 0 aliphatic rings. The van der Waals surface area contributed by atoms with Crippen LogP contribution in [-0.2, 0) is 11.2 Å². The van der Waals surface area contributed by atoms with Crippen LogP contribution < -0.4 is 11.1 Å². The third-order valence-electron chi connectivity index (χ3n) is 2.67. The van der Waals surface area contributed by atoms with Crippen molar-refractivity contribution < 1.29 is 4.79 Å². The Morgan fingerprint density at radius 1 is 1.41 bits per heavy atom. The molecule has 0 saturated heterocycles. The average Bonchev–Trinajstić information content (AvgIpc) is 2.31. The monoisotopic (exact) mass is 254 g/mol. The Morgan fingerprint density at radius 2 is 2.06 bits per heavy atom. The molecule has 0 fully saturated rings. The molecule has 0 heterocycles. The Kier molecular flexibility index (Phi) is 5.45. The summed E-state index contributed by atoms with van der Waals surface area (Å²) in [5.74, 6) is -0.157. The fourth-order valence-electron chi connectivity index (χ4n) is 1.54. The van der Waals surface area contributed by atoms with E-state index in [4.69, 9.17) is 17.3 Å². The van der Waals surface area contributed by atoms with E-state index in [0.717, 1.165) is 17.0 Å². The number of benzene rings is 1. The van der Waals surface area contributed by atoms with Gasteiger partial charge in [0.2, 0.25) is 5.91 Å². The van der Waals surface area contributed by atoms with Gasteiger partial charge in [-0.1, -0.05) is 36.7 Å². The SMILES string of the molecule is CC(Cc1ccccc1Cl)NC(=O)C(C)CN. The number of halogens is 1. The Morgan fingerprint density at radius 3 is 2.65 bits per heavy atom. The van der Waals surface area contributed by atoms with E-state index in [-0.39, 0.29) is 17.9 Å². The number of nitrogens with one attached hydrogen (secondary N) is 1. The highest BCUT2D eigenvalue weighted by Gasteiger charge is 2.14. The van der Waals surface area contributed by atoms with Crippen molar-refractivity contribution in [3.8, 4) is 0 Å². The van der Waals surface area contributed by atoms with Crippen molar-refractivity contribution in [1.82, 2.24) is 5.32 Å². The summed E-state index contributed by atoms with van der Waals surface area (Å²) >= 11 is 6.06. The van der Waals surface area contributed by atoms with Crippen molar-refractivity contribution >= 4 is 17.5 Å². The third kappa shape index (κ3) is 4.36. The average molecular weight is 255 g/mol. The van der Waals surface area contributed by atoms with Crippen LogP contribution in [0.15, 0.2) is 24.3 Å². The van der Waals surface area contributed by atoms with Gasteiger partial charge in [-0.15, -0.1) is 0 Å². The molecule has 0 aromatic heterocycles. The zero-order valence-corrected chi connectivity index (χ0v) is 11.0. The first kappa shape index (κ1) is 14.0. The molecule has 0 spiro atoms. The first-order chi connectivity index (χ1) is 8.04.